The maximum Gasteiger partial charge on any atom is 0.359 e. The molecule has 0 radical (unpaired) electrons. The summed E-state index contributed by atoms with van der Waals surface area (Å²) in [4.78, 5) is 72.3. The third-order valence-corrected chi connectivity index (χ3v) is 13.1. The van der Waals surface area contributed by atoms with Gasteiger partial charge in [0, 0.05) is 113 Å². The Morgan fingerprint density at radius 1 is 0.712 bits per heavy atom. The van der Waals surface area contributed by atoms with E-state index in [0.717, 1.165) is 63.0 Å². The van der Waals surface area contributed by atoms with Crippen molar-refractivity contribution in [3.8, 4) is 35.6 Å². The number of hydrogen-bond acceptors (Lipinski definition) is 16. The van der Waals surface area contributed by atoms with Crippen molar-refractivity contribution in [3.63, 3.8) is 0 Å². The molecule has 4 aliphatic heterocycles. The number of fused-ring (bicyclic) bond motifs is 2. The van der Waals surface area contributed by atoms with Crippen LogP contribution < -0.4 is 9.80 Å². The highest BCUT2D eigenvalue weighted by Gasteiger charge is 2.43. The summed E-state index contributed by atoms with van der Waals surface area (Å²) in [6.07, 6.45) is 13.4. The minimum Gasteiger partial charge on any atom is -0.461 e. The van der Waals surface area contributed by atoms with Crippen molar-refractivity contribution in [3.05, 3.63) is 130 Å². The number of likely N-dealkylation sites (tertiary alicyclic amines) is 2. The van der Waals surface area contributed by atoms with Gasteiger partial charge in [-0.3, -0.25) is 9.59 Å². The summed E-state index contributed by atoms with van der Waals surface area (Å²) in [5.74, 6) is 7.77. The molecule has 6 aromatic rings. The molecule has 21 heteroatoms. The Bertz CT molecular complexity index is 3130. The van der Waals surface area contributed by atoms with E-state index in [-0.39, 0.29) is 30.5 Å². The number of halogens is 1. The van der Waals surface area contributed by atoms with Crippen LogP contribution in [0.15, 0.2) is 90.2 Å². The zero-order valence-corrected chi connectivity index (χ0v) is 42.3. The number of benzene rings is 2. The average molecular weight is 1050 g/mol. The maximum atomic E-state index is 12.8. The molecule has 2 saturated heterocycles. The van der Waals surface area contributed by atoms with Crippen molar-refractivity contribution >= 4 is 51.3 Å². The van der Waals surface area contributed by atoms with Crippen molar-refractivity contribution in [1.29, 1.82) is 0 Å². The van der Waals surface area contributed by atoms with Crippen LogP contribution in [-0.2, 0) is 45.0 Å². The van der Waals surface area contributed by atoms with Crippen LogP contribution in [0.1, 0.15) is 75.7 Å². The highest BCUT2D eigenvalue weighted by molar-refractivity contribution is 9.10. The van der Waals surface area contributed by atoms with Gasteiger partial charge < -0.3 is 39.3 Å². The summed E-state index contributed by atoms with van der Waals surface area (Å²) < 4.78 is 15.1. The zero-order chi connectivity index (χ0) is 51.9. The van der Waals surface area contributed by atoms with Gasteiger partial charge in [-0.15, -0.1) is 6.42 Å². The van der Waals surface area contributed by atoms with Crippen LogP contribution in [0.25, 0.3) is 11.4 Å². The van der Waals surface area contributed by atoms with E-state index in [2.05, 4.69) is 73.6 Å². The third-order valence-electron chi connectivity index (χ3n) is 12.6. The van der Waals surface area contributed by atoms with Crippen LogP contribution in [0.5, 0.6) is 0 Å². The van der Waals surface area contributed by atoms with Crippen molar-refractivity contribution in [2.24, 2.45) is 0 Å². The van der Waals surface area contributed by atoms with E-state index in [1.807, 2.05) is 65.3 Å². The summed E-state index contributed by atoms with van der Waals surface area (Å²) in [5, 5.41) is 29.2. The van der Waals surface area contributed by atoms with Crippen LogP contribution >= 0.6 is 15.9 Å². The summed E-state index contributed by atoms with van der Waals surface area (Å²) in [6.45, 7) is 7.61. The second kappa shape index (κ2) is 22.2. The smallest absolute Gasteiger partial charge is 0.359 e. The molecule has 2 amide bonds. The number of terminal acetylenes is 1. The molecule has 20 nitrogen and oxygen atoms in total. The van der Waals surface area contributed by atoms with Crippen molar-refractivity contribution in [1.82, 2.24) is 49.3 Å². The van der Waals surface area contributed by atoms with Gasteiger partial charge in [0.1, 0.15) is 24.3 Å². The quantitative estimate of drug-likeness (QED) is 0.164. The molecular formula is C52H53BrN12O8. The monoisotopic (exact) mass is 1050 g/mol. The molecule has 0 aliphatic carbocycles. The molecule has 2 N–H and O–H groups in total. The number of hydrogen-bond donors (Lipinski definition) is 2. The Balaban J connectivity index is 0.000000168. The Kier molecular flexibility index (Phi) is 15.6. The molecule has 0 bridgehead atoms. The fourth-order valence-electron chi connectivity index (χ4n) is 8.78. The highest BCUT2D eigenvalue weighted by atomic mass is 79.9. The third kappa shape index (κ3) is 11.1. The van der Waals surface area contributed by atoms with Crippen molar-refractivity contribution in [2.45, 2.75) is 63.8 Å². The van der Waals surface area contributed by atoms with Gasteiger partial charge in [0.2, 0.25) is 11.2 Å². The maximum absolute atomic E-state index is 12.8. The van der Waals surface area contributed by atoms with Gasteiger partial charge >= 0.3 is 11.9 Å². The van der Waals surface area contributed by atoms with E-state index >= 15 is 0 Å². The Morgan fingerprint density at radius 3 is 1.63 bits per heavy atom. The summed E-state index contributed by atoms with van der Waals surface area (Å²) in [5.41, 5.74) is 3.34. The first-order chi connectivity index (χ1) is 35.2. The standard InChI is InChI=1S/C26H26N6O4.C19H18BrN5O2.C7H9NO2/c1-3-36-24(33)23-20-16-31(22-8-12-27-17-28-22)13-9-21(20)32(29-23)19-6-4-5-18(15-19)7-10-26(35)11-14-30(2)25(26)34;1-2-27-19(26)18-15-11-24(17-6-8-21-12-22-17)9-7-16(15)25(23-18)14-5-3-4-13(20)10-14;1-3-7(10)4-5-8(2)6(7)9/h4-6,8,12,15,17,35H,3,9,11,13-14,16H2,1-2H3;3-6,8,10,12H,2,7,9,11H2,1H3;1,10H,4-5H2,2H3/t26-;;7-/m0.0/s1. The van der Waals surface area contributed by atoms with Crippen LogP contribution in [0.2, 0.25) is 0 Å². The number of aliphatic hydroxyl groups is 2. The van der Waals surface area contributed by atoms with Gasteiger partial charge in [-0.2, -0.15) is 10.2 Å². The van der Waals surface area contributed by atoms with E-state index in [1.165, 1.54) is 22.5 Å². The van der Waals surface area contributed by atoms with Gasteiger partial charge in [-0.05, 0) is 62.4 Å². The first-order valence-corrected chi connectivity index (χ1v) is 24.4. The SMILES string of the molecule is C#C[C@]1(O)CCN(C)C1=O.CCOC(=O)c1nn(-c2cccc(Br)c2)c2c1CN(c1ccncn1)CC2.CCOC(=O)c1nn(-c2cccc(C#C[C@]3(O)CCN(C)C3=O)c2)c2c1CN(c1ccncn1)CC2. The Labute approximate surface area is 430 Å². The van der Waals surface area contributed by atoms with E-state index in [0.29, 0.717) is 63.4 Å². The first kappa shape index (κ1) is 51.4. The van der Waals surface area contributed by atoms with Gasteiger partial charge in [-0.1, -0.05) is 45.8 Å². The van der Waals surface area contributed by atoms with E-state index in [4.69, 9.17) is 15.9 Å². The zero-order valence-electron chi connectivity index (χ0n) is 40.7. The number of nitrogens with zero attached hydrogens (tertiary/aromatic N) is 12. The molecule has 376 valence electrons. The number of esters is 2. The molecule has 0 saturated carbocycles. The fourth-order valence-corrected chi connectivity index (χ4v) is 9.17. The number of rotatable bonds is 8. The number of aromatic nitrogens is 8. The molecule has 4 aromatic heterocycles. The topological polar surface area (TPSA) is 227 Å². The highest BCUT2D eigenvalue weighted by Crippen LogP contribution is 2.31. The minimum absolute atomic E-state index is 0.248. The first-order valence-electron chi connectivity index (χ1n) is 23.6. The second-order valence-electron chi connectivity index (χ2n) is 17.4. The lowest BCUT2D eigenvalue weighted by Crippen LogP contribution is -2.37. The average Bonchev–Trinajstić information content (AvgIpc) is 4.14. The molecule has 0 spiro atoms. The van der Waals surface area contributed by atoms with E-state index < -0.39 is 23.1 Å². The van der Waals surface area contributed by atoms with Crippen molar-refractivity contribution in [2.75, 3.05) is 63.3 Å². The van der Waals surface area contributed by atoms with Crippen LogP contribution in [0.3, 0.4) is 0 Å². The number of likely N-dealkylation sites (N-methyl/N-ethyl adjacent to an activating group) is 2. The molecule has 73 heavy (non-hydrogen) atoms. The van der Waals surface area contributed by atoms with Gasteiger partial charge in [-0.25, -0.2) is 38.9 Å². The second-order valence-corrected chi connectivity index (χ2v) is 18.3. The number of carbonyl (C=O) groups excluding carboxylic acids is 4. The minimum atomic E-state index is -1.67. The van der Waals surface area contributed by atoms with E-state index in [9.17, 15) is 29.4 Å². The molecule has 8 heterocycles. The van der Waals surface area contributed by atoms with Crippen molar-refractivity contribution < 1.29 is 38.9 Å². The van der Waals surface area contributed by atoms with Crippen LogP contribution in [0, 0.1) is 24.2 Å². The fraction of sp³-hybridized carbons (Fsp3) is 0.346. The normalized spacial score (nSPS) is 18.8. The number of anilines is 2. The molecule has 10 rings (SSSR count). The lowest BCUT2D eigenvalue weighted by Gasteiger charge is -2.28. The largest absolute Gasteiger partial charge is 0.461 e. The van der Waals surface area contributed by atoms with E-state index in [1.54, 1.807) is 45.0 Å². The Hall–Kier alpha value is -7.98. The van der Waals surface area contributed by atoms with Gasteiger partial charge in [0.15, 0.2) is 11.4 Å². The van der Waals surface area contributed by atoms with Crippen LogP contribution in [-0.4, -0.2) is 148 Å². The van der Waals surface area contributed by atoms with Gasteiger partial charge in [0.05, 0.1) is 36.0 Å². The number of ether oxygens (including phenoxy) is 2. The summed E-state index contributed by atoms with van der Waals surface area (Å²) in [6, 6.07) is 18.9. The summed E-state index contributed by atoms with van der Waals surface area (Å²) in [7, 11) is 3.27. The molecule has 4 aliphatic rings. The Morgan fingerprint density at radius 2 is 1.21 bits per heavy atom. The molecule has 0 unspecified atom stereocenters. The molecule has 2 aromatic carbocycles. The molecule has 2 atom stereocenters. The predicted molar refractivity (Wildman–Crippen MR) is 270 cm³/mol. The molecular weight excluding hydrogens is 1000 g/mol. The predicted octanol–water partition coefficient (Wildman–Crippen LogP) is 3.72. The number of amides is 2. The lowest BCUT2D eigenvalue weighted by atomic mass is 10.0. The van der Waals surface area contributed by atoms with Crippen LogP contribution in [0.4, 0.5) is 11.6 Å². The lowest BCUT2D eigenvalue weighted by molar-refractivity contribution is -0.138. The number of carbonyl (C=O) groups is 4. The summed E-state index contributed by atoms with van der Waals surface area (Å²) >= 11 is 3.50. The molecule has 2 fully saturated rings. The van der Waals surface area contributed by atoms with Gasteiger partial charge in [0.25, 0.3) is 11.8 Å².